The number of hydrogen-bond donors (Lipinski definition) is 3. The van der Waals surface area contributed by atoms with E-state index in [9.17, 15) is 58.2 Å². The number of benzene rings is 3. The van der Waals surface area contributed by atoms with Gasteiger partial charge in [0.2, 0.25) is 24.6 Å². The molecule has 0 aromatic heterocycles. The molecule has 4 aliphatic heterocycles. The average Bonchev–Trinajstić information content (AvgIpc) is 3.84. The zero-order valence-electron chi connectivity index (χ0n) is 45.4. The molecule has 3 aromatic rings. The fourth-order valence-corrected chi connectivity index (χ4v) is 9.89. The number of ether oxygens (including phenoxy) is 12. The van der Waals surface area contributed by atoms with Crippen LogP contribution in [0.5, 0.6) is 23.0 Å². The molecule has 2 saturated heterocycles. The highest BCUT2D eigenvalue weighted by molar-refractivity contribution is 6.00. The number of hydrogen-bond acceptors (Lipinski definition) is 24. The highest BCUT2D eigenvalue weighted by atomic mass is 16.8. The predicted molar refractivity (Wildman–Crippen MR) is 272 cm³/mol. The Kier molecular flexibility index (Phi) is 19.8. The van der Waals surface area contributed by atoms with E-state index < -0.39 is 121 Å². The summed E-state index contributed by atoms with van der Waals surface area (Å²) in [5.41, 5.74) is -0.960. The van der Waals surface area contributed by atoms with E-state index in [1.165, 1.54) is 68.1 Å². The molecule has 0 bridgehead atoms. The van der Waals surface area contributed by atoms with Gasteiger partial charge in [-0.3, -0.25) is 33.6 Å². The summed E-state index contributed by atoms with van der Waals surface area (Å²) < 4.78 is 66.7. The Morgan fingerprint density at radius 1 is 0.519 bits per heavy atom. The first-order chi connectivity index (χ1) is 38.5. The third kappa shape index (κ3) is 14.3. The van der Waals surface area contributed by atoms with E-state index in [0.29, 0.717) is 12.1 Å². The van der Waals surface area contributed by atoms with Gasteiger partial charge in [0.25, 0.3) is 0 Å². The van der Waals surface area contributed by atoms with Crippen molar-refractivity contribution in [2.75, 3.05) is 5.32 Å². The zero-order chi connectivity index (χ0) is 58.9. The molecular formula is C56H63NO24. The molecule has 3 N–H and O–H groups in total. The smallest absolute Gasteiger partial charge is 0.344 e. The second kappa shape index (κ2) is 26.5. The summed E-state index contributed by atoms with van der Waals surface area (Å²) in [6.07, 6.45) is -9.26. The van der Waals surface area contributed by atoms with Crippen molar-refractivity contribution in [1.29, 1.82) is 0 Å². The van der Waals surface area contributed by atoms with Gasteiger partial charge in [-0.15, -0.1) is 0 Å². The van der Waals surface area contributed by atoms with Crippen LogP contribution in [0.1, 0.15) is 140 Å². The predicted octanol–water partition coefficient (Wildman–Crippen LogP) is 4.95. The maximum atomic E-state index is 14.3. The van der Waals surface area contributed by atoms with Crippen LogP contribution in [0.15, 0.2) is 54.6 Å². The molecule has 7 rings (SSSR count). The third-order valence-electron chi connectivity index (χ3n) is 13.3. The van der Waals surface area contributed by atoms with E-state index >= 15 is 0 Å². The molecule has 0 saturated carbocycles. The molecule has 0 aliphatic carbocycles. The maximum absolute atomic E-state index is 14.3. The molecule has 1 unspecified atom stereocenters. The van der Waals surface area contributed by atoms with E-state index in [1.54, 1.807) is 12.1 Å². The van der Waals surface area contributed by atoms with Crippen molar-refractivity contribution in [2.24, 2.45) is 0 Å². The van der Waals surface area contributed by atoms with Crippen molar-refractivity contribution in [2.45, 2.75) is 180 Å². The summed E-state index contributed by atoms with van der Waals surface area (Å²) >= 11 is 0. The minimum absolute atomic E-state index is 0.0414. The number of aliphatic hydroxyl groups excluding tert-OH is 2. The fraction of sp³-hybridized carbons (Fsp3) is 0.500. The van der Waals surface area contributed by atoms with Crippen LogP contribution in [-0.2, 0) is 91.4 Å². The van der Waals surface area contributed by atoms with Crippen molar-refractivity contribution < 1.29 is 115 Å². The van der Waals surface area contributed by atoms with Crippen molar-refractivity contribution in [3.05, 3.63) is 76.9 Å². The number of amides is 1. The lowest BCUT2D eigenvalue weighted by Gasteiger charge is -2.42. The summed E-state index contributed by atoms with van der Waals surface area (Å²) in [6.45, 7) is 8.07. The van der Waals surface area contributed by atoms with Crippen LogP contribution in [-0.4, -0.2) is 131 Å². The zero-order valence-corrected chi connectivity index (χ0v) is 45.4. The van der Waals surface area contributed by atoms with Crippen LogP contribution >= 0.6 is 0 Å². The van der Waals surface area contributed by atoms with Crippen molar-refractivity contribution in [3.63, 3.8) is 0 Å². The first kappa shape index (κ1) is 60.6. The Hall–Kier alpha value is -8.00. The second-order valence-corrected chi connectivity index (χ2v) is 19.6. The Bertz CT molecular complexity index is 2920. The van der Waals surface area contributed by atoms with Gasteiger partial charge < -0.3 is 72.4 Å². The Morgan fingerprint density at radius 3 is 1.52 bits per heavy atom. The highest BCUT2D eigenvalue weighted by Gasteiger charge is 2.58. The number of fused-ring (bicyclic) bond motifs is 6. The monoisotopic (exact) mass is 1130 g/mol. The highest BCUT2D eigenvalue weighted by Crippen LogP contribution is 2.57. The number of nitrogens with one attached hydrogen (secondary N) is 1. The lowest BCUT2D eigenvalue weighted by Crippen LogP contribution is -2.64. The second-order valence-electron chi connectivity index (χ2n) is 19.6. The van der Waals surface area contributed by atoms with Crippen LogP contribution < -0.4 is 19.5 Å². The largest absolute Gasteiger partial charge is 0.456 e. The number of aliphatic hydroxyl groups is 2. The van der Waals surface area contributed by atoms with Crippen molar-refractivity contribution in [3.8, 4) is 23.0 Å². The molecule has 4 heterocycles. The van der Waals surface area contributed by atoms with Crippen LogP contribution in [0, 0.1) is 0 Å². The lowest BCUT2D eigenvalue weighted by atomic mass is 9.77. The summed E-state index contributed by atoms with van der Waals surface area (Å²) in [6, 6.07) is 12.4. The molecule has 0 radical (unpaired) electrons. The third-order valence-corrected chi connectivity index (χ3v) is 13.3. The van der Waals surface area contributed by atoms with Gasteiger partial charge in [0, 0.05) is 82.5 Å². The molecule has 25 nitrogen and oxygen atoms in total. The van der Waals surface area contributed by atoms with E-state index in [0.717, 1.165) is 67.2 Å². The van der Waals surface area contributed by atoms with Gasteiger partial charge in [0.05, 0.1) is 5.56 Å². The molecule has 436 valence electrons. The van der Waals surface area contributed by atoms with E-state index in [2.05, 4.69) is 12.2 Å². The van der Waals surface area contributed by atoms with Crippen LogP contribution in [0.3, 0.4) is 0 Å². The van der Waals surface area contributed by atoms with Gasteiger partial charge in [-0.05, 0) is 42.8 Å². The van der Waals surface area contributed by atoms with Crippen LogP contribution in [0.4, 0.5) is 5.69 Å². The molecular weight excluding hydrogens is 1070 g/mol. The number of carbonyl (C=O) groups excluding carboxylic acids is 10. The summed E-state index contributed by atoms with van der Waals surface area (Å²) in [4.78, 5) is 128. The van der Waals surface area contributed by atoms with E-state index in [1.807, 2.05) is 0 Å². The summed E-state index contributed by atoms with van der Waals surface area (Å²) in [7, 11) is 0. The van der Waals surface area contributed by atoms with Crippen molar-refractivity contribution >= 4 is 65.3 Å². The fourth-order valence-electron chi connectivity index (χ4n) is 9.89. The Balaban J connectivity index is 1.22. The standard InChI is InChI=1S/C56H63NO24/c1-8-9-10-11-12-13-14-15-16-17-42(64)57-33-18-21-37-36(24-33)51(67)81-56(37)38-22-19-34(76-52(68)45-43(65)44(66)46(70-27(2)58)54(79-45)74-31(6)62)25-40(38)78-41-26-35(20-23-39(41)56)77-53(69)49-47(71-28(3)59)48(72-29(4)60)50(73-30(5)61)55(80-49)75-32(7)63/h18-26,43-50,54-55,65-66H,8-17H2,1-7H3,(H,57,64)/t43-,44-,45-,46+,47-,48-,49-,50+,54+,55+,56?/m0/s1. The molecule has 3 aromatic carbocycles. The Labute approximate surface area is 464 Å². The number of anilines is 1. The van der Waals surface area contributed by atoms with Gasteiger partial charge in [-0.1, -0.05) is 64.4 Å². The maximum Gasteiger partial charge on any atom is 0.344 e. The van der Waals surface area contributed by atoms with Gasteiger partial charge >= 0.3 is 53.7 Å². The minimum atomic E-state index is -2.09. The molecule has 4 aliphatic rings. The number of unbranched alkanes of at least 4 members (excludes halogenated alkanes) is 8. The molecule has 25 heteroatoms. The lowest BCUT2D eigenvalue weighted by molar-refractivity contribution is -0.293. The summed E-state index contributed by atoms with van der Waals surface area (Å²) in [5, 5.41) is 24.7. The SMILES string of the molecule is CCCCCCCCCCCC(=O)Nc1ccc2c(c1)C(=O)OC21c2ccc(OC(=O)[C@H]3O[C@@H](OC(C)=O)[C@H](OC(C)=O)[C@@H](O)[C@@H]3O)cc2Oc2cc(OC(=O)[C@H]3O[C@@H](OC(C)=O)[C@H](OC(C)=O)[C@@H](OC(C)=O)[C@@H]3OC(C)=O)ccc21. The number of carbonyl (C=O) groups is 10. The molecule has 1 amide bonds. The van der Waals surface area contributed by atoms with Gasteiger partial charge in [0.1, 0.15) is 35.2 Å². The first-order valence-electron chi connectivity index (χ1n) is 26.3. The normalized spacial score (nSPS) is 25.0. The van der Waals surface area contributed by atoms with Gasteiger partial charge in [-0.2, -0.15) is 0 Å². The Morgan fingerprint density at radius 2 is 0.975 bits per heavy atom. The molecule has 1 spiro atoms. The number of rotatable bonds is 21. The van der Waals surface area contributed by atoms with Crippen LogP contribution in [0.25, 0.3) is 0 Å². The number of esters is 9. The van der Waals surface area contributed by atoms with Crippen LogP contribution in [0.2, 0.25) is 0 Å². The van der Waals surface area contributed by atoms with Gasteiger partial charge in [0.15, 0.2) is 36.1 Å². The molecule has 11 atom stereocenters. The average molecular weight is 1130 g/mol. The quantitative estimate of drug-likeness (QED) is 0.0550. The minimum Gasteiger partial charge on any atom is -0.456 e. The molecule has 81 heavy (non-hydrogen) atoms. The van der Waals surface area contributed by atoms with E-state index in [-0.39, 0.29) is 57.6 Å². The summed E-state index contributed by atoms with van der Waals surface area (Å²) in [5.74, 6) is -10.4. The van der Waals surface area contributed by atoms with Gasteiger partial charge in [-0.25, -0.2) is 14.4 Å². The molecule has 2 fully saturated rings. The first-order valence-corrected chi connectivity index (χ1v) is 26.3. The van der Waals surface area contributed by atoms with Crippen molar-refractivity contribution in [1.82, 2.24) is 0 Å². The van der Waals surface area contributed by atoms with E-state index in [4.69, 9.17) is 56.8 Å². The topological polar surface area (TPSA) is 334 Å².